The molecule has 0 aliphatic heterocycles. The average molecular weight is 1250 g/mol. The molecular formula is C68H50ClIN8OS3. The molecule has 17 rings (SSSR count). The monoisotopic (exact) mass is 1250 g/mol. The fourth-order valence-corrected chi connectivity index (χ4v) is 13.8. The second kappa shape index (κ2) is 23.4. The lowest BCUT2D eigenvalue weighted by atomic mass is 10.1. The number of pyridine rings is 3. The van der Waals surface area contributed by atoms with E-state index in [1.54, 1.807) is 25.4 Å². The van der Waals surface area contributed by atoms with E-state index in [-0.39, 0.29) is 7.43 Å². The van der Waals surface area contributed by atoms with Gasteiger partial charge in [0.15, 0.2) is 0 Å². The Hall–Kier alpha value is -8.70. The summed E-state index contributed by atoms with van der Waals surface area (Å²) in [6.07, 6.45) is 3.55. The van der Waals surface area contributed by atoms with Crippen LogP contribution in [0.3, 0.4) is 0 Å². The zero-order chi connectivity index (χ0) is 55.0. The van der Waals surface area contributed by atoms with Crippen LogP contribution in [0, 0.1) is 3.57 Å². The molecule has 0 fully saturated rings. The number of hydrogen-bond donors (Lipinski definition) is 3. The molecule has 0 radical (unpaired) electrons. The second-order valence-electron chi connectivity index (χ2n) is 18.9. The second-order valence-corrected chi connectivity index (χ2v) is 23.7. The first-order chi connectivity index (χ1) is 39.8. The first-order valence-corrected chi connectivity index (χ1v) is 29.7. The molecule has 0 unspecified atom stereocenters. The fourth-order valence-electron chi connectivity index (χ4n) is 10.1. The maximum atomic E-state index is 5.59. The van der Waals surface area contributed by atoms with Gasteiger partial charge in [0.2, 0.25) is 0 Å². The Labute approximate surface area is 502 Å². The number of rotatable bonds is 2. The van der Waals surface area contributed by atoms with Crippen LogP contribution in [-0.4, -0.2) is 36.4 Å². The van der Waals surface area contributed by atoms with E-state index in [2.05, 4.69) is 183 Å². The molecule has 400 valence electrons. The van der Waals surface area contributed by atoms with Gasteiger partial charge in [-0.2, -0.15) is 0 Å². The minimum Gasteiger partial charge on any atom is -0.497 e. The quantitative estimate of drug-likeness (QED) is 0.0679. The minimum atomic E-state index is 0. The SMILES string of the molecule is C.COc1ccc2sc3ccccc3c2c1.Clc1ncccc1I.Nc1ccccc1N.c1ccc2[nH]c(-c3ccc4sc5ccccc5c4c3)nc2c1.c1ccc2c(c1)nc1c3cc4c(cc3c3ncccc3n21)sc1ccccc14. The number of imidazole rings is 2. The minimum absolute atomic E-state index is 0. The molecule has 8 heterocycles. The molecule has 82 heavy (non-hydrogen) atoms. The van der Waals surface area contributed by atoms with Gasteiger partial charge in [-0.3, -0.25) is 9.38 Å². The van der Waals surface area contributed by atoms with Crippen molar-refractivity contribution in [1.82, 2.24) is 29.3 Å². The number of ether oxygens (including phenoxy) is 1. The average Bonchev–Trinajstić information content (AvgIpc) is 4.36. The van der Waals surface area contributed by atoms with Crippen molar-refractivity contribution in [3.8, 4) is 17.1 Å². The van der Waals surface area contributed by atoms with Crippen LogP contribution in [0.15, 0.2) is 231 Å². The number of halogens is 2. The Morgan fingerprint density at radius 1 is 0.476 bits per heavy atom. The lowest BCUT2D eigenvalue weighted by Gasteiger charge is -2.08. The number of benzene rings is 9. The van der Waals surface area contributed by atoms with Crippen molar-refractivity contribution in [3.05, 3.63) is 240 Å². The molecule has 8 aromatic heterocycles. The van der Waals surface area contributed by atoms with Gasteiger partial charge in [0, 0.05) is 89.2 Å². The first kappa shape index (κ1) is 53.9. The molecule has 17 aromatic rings. The van der Waals surface area contributed by atoms with E-state index >= 15 is 0 Å². The Morgan fingerprint density at radius 3 is 1.65 bits per heavy atom. The maximum absolute atomic E-state index is 5.59. The predicted molar refractivity (Wildman–Crippen MR) is 363 cm³/mol. The van der Waals surface area contributed by atoms with Crippen LogP contribution in [0.5, 0.6) is 5.75 Å². The van der Waals surface area contributed by atoms with Gasteiger partial charge in [-0.1, -0.05) is 110 Å². The summed E-state index contributed by atoms with van der Waals surface area (Å²) in [6, 6.07) is 74.7. The van der Waals surface area contributed by atoms with Crippen molar-refractivity contribution in [2.75, 3.05) is 18.6 Å². The largest absolute Gasteiger partial charge is 0.497 e. The molecule has 14 heteroatoms. The highest BCUT2D eigenvalue weighted by molar-refractivity contribution is 14.1. The standard InChI is InChI=1S/C24H13N3S.C19H12N2S.C13H10OS.C6H8N2.C5H3ClIN.CH4/c1-4-10-21-14(6-1)15-12-17-16(13-22(15)28-21)23-20(9-5-11-25-23)27-19-8-3-2-7-18(19)26-24(17)27;1-4-8-17-13(5-1)14-11-12(9-10-18(14)22-17)19-20-15-6-2-3-7-16(15)21-19;1-14-9-6-7-13-11(8-9)10-4-2-3-5-12(10)15-13;7-5-3-1-2-4-6(5)8;6-5-4(7)2-1-3-8-5;/h1-13H;1-11H,(H,20,21);2-8H,1H3;1-4H,7-8H2;1-3H;1H4. The summed E-state index contributed by atoms with van der Waals surface area (Å²) in [6.45, 7) is 0. The molecule has 0 saturated heterocycles. The summed E-state index contributed by atoms with van der Waals surface area (Å²) in [5, 5.41) is 10.7. The summed E-state index contributed by atoms with van der Waals surface area (Å²) in [7, 11) is 1.70. The van der Waals surface area contributed by atoms with Crippen LogP contribution in [0.2, 0.25) is 5.15 Å². The van der Waals surface area contributed by atoms with Crippen LogP contribution in [0.4, 0.5) is 11.4 Å². The summed E-state index contributed by atoms with van der Waals surface area (Å²) in [5.74, 6) is 1.85. The van der Waals surface area contributed by atoms with E-state index in [0.717, 1.165) is 70.2 Å². The van der Waals surface area contributed by atoms with Gasteiger partial charge in [-0.25, -0.2) is 15.0 Å². The van der Waals surface area contributed by atoms with E-state index in [9.17, 15) is 0 Å². The highest BCUT2D eigenvalue weighted by Crippen LogP contribution is 2.41. The number of H-pyrrole nitrogens is 1. The van der Waals surface area contributed by atoms with Crippen LogP contribution >= 0.6 is 68.2 Å². The van der Waals surface area contributed by atoms with Crippen LogP contribution in [0.1, 0.15) is 7.43 Å². The predicted octanol–water partition coefficient (Wildman–Crippen LogP) is 20.0. The van der Waals surface area contributed by atoms with Crippen LogP contribution in [0.25, 0.3) is 121 Å². The first-order valence-electron chi connectivity index (χ1n) is 25.8. The lowest BCUT2D eigenvalue weighted by Crippen LogP contribution is -1.93. The van der Waals surface area contributed by atoms with Crippen LogP contribution in [-0.2, 0) is 0 Å². The Kier molecular flexibility index (Phi) is 15.4. The van der Waals surface area contributed by atoms with E-state index in [4.69, 9.17) is 42.8 Å². The van der Waals surface area contributed by atoms with Gasteiger partial charge in [-0.05, 0) is 150 Å². The normalized spacial score (nSPS) is 11.1. The number of fused-ring (bicyclic) bond motifs is 18. The number of nitrogen functional groups attached to an aromatic ring is 2. The molecule has 0 aliphatic rings. The summed E-state index contributed by atoms with van der Waals surface area (Å²) < 4.78 is 16.4. The smallest absolute Gasteiger partial charge is 0.146 e. The number of para-hydroxylation sites is 6. The number of nitrogens with two attached hydrogens (primary N) is 2. The molecule has 0 spiro atoms. The Balaban J connectivity index is 0.000000110. The number of thiophene rings is 3. The summed E-state index contributed by atoms with van der Waals surface area (Å²) >= 11 is 13.2. The van der Waals surface area contributed by atoms with Crippen molar-refractivity contribution in [3.63, 3.8) is 0 Å². The van der Waals surface area contributed by atoms with Crippen molar-refractivity contribution in [1.29, 1.82) is 0 Å². The molecule has 0 amide bonds. The third kappa shape index (κ3) is 10.5. The van der Waals surface area contributed by atoms with Gasteiger partial charge >= 0.3 is 0 Å². The number of aromatic amines is 1. The highest BCUT2D eigenvalue weighted by Gasteiger charge is 2.17. The molecule has 0 aliphatic carbocycles. The molecule has 9 nitrogen and oxygen atoms in total. The van der Waals surface area contributed by atoms with Gasteiger partial charge in [0.05, 0.1) is 55.2 Å². The zero-order valence-electron chi connectivity index (χ0n) is 43.2. The maximum Gasteiger partial charge on any atom is 0.146 e. The molecule has 0 saturated carbocycles. The third-order valence-corrected chi connectivity index (χ3v) is 18.9. The molecule has 9 aromatic carbocycles. The third-order valence-electron chi connectivity index (χ3n) is 13.9. The van der Waals surface area contributed by atoms with Gasteiger partial charge in [0.1, 0.15) is 22.4 Å². The molecule has 0 atom stereocenters. The Bertz CT molecular complexity index is 5050. The lowest BCUT2D eigenvalue weighted by molar-refractivity contribution is 0.415. The topological polar surface area (TPSA) is 133 Å². The summed E-state index contributed by atoms with van der Waals surface area (Å²) in [4.78, 5) is 21.7. The molecular weight excluding hydrogens is 1200 g/mol. The number of methoxy groups -OCH3 is 1. The molecule has 0 bridgehead atoms. The van der Waals surface area contributed by atoms with E-state index < -0.39 is 0 Å². The highest BCUT2D eigenvalue weighted by atomic mass is 127. The van der Waals surface area contributed by atoms with E-state index in [1.807, 2.05) is 101 Å². The fraction of sp³-hybridized carbons (Fsp3) is 0.0294. The van der Waals surface area contributed by atoms with Gasteiger partial charge in [0.25, 0.3) is 0 Å². The molecule has 5 N–H and O–H groups in total. The van der Waals surface area contributed by atoms with Crippen molar-refractivity contribution >= 4 is 190 Å². The van der Waals surface area contributed by atoms with Gasteiger partial charge < -0.3 is 21.2 Å². The van der Waals surface area contributed by atoms with Crippen molar-refractivity contribution in [2.24, 2.45) is 0 Å². The number of hydrogen-bond acceptors (Lipinski definition) is 10. The summed E-state index contributed by atoms with van der Waals surface area (Å²) in [5.41, 5.74) is 20.5. The van der Waals surface area contributed by atoms with Crippen molar-refractivity contribution in [2.45, 2.75) is 7.43 Å². The van der Waals surface area contributed by atoms with Gasteiger partial charge in [-0.15, -0.1) is 34.0 Å². The van der Waals surface area contributed by atoms with E-state index in [1.165, 1.54) is 60.5 Å². The number of anilines is 2. The van der Waals surface area contributed by atoms with Crippen LogP contribution < -0.4 is 16.2 Å². The zero-order valence-corrected chi connectivity index (χ0v) is 48.6. The Morgan fingerprint density at radius 2 is 1.01 bits per heavy atom. The number of nitrogens with one attached hydrogen (secondary N) is 1. The van der Waals surface area contributed by atoms with Crippen molar-refractivity contribution < 1.29 is 4.74 Å². The van der Waals surface area contributed by atoms with E-state index in [0.29, 0.717) is 16.5 Å². The number of nitrogens with zero attached hydrogens (tertiary/aromatic N) is 5. The number of aromatic nitrogens is 6.